The van der Waals surface area contributed by atoms with E-state index in [9.17, 15) is 14.4 Å². The lowest BCUT2D eigenvalue weighted by atomic mass is 9.83. The maximum atomic E-state index is 13.5. The second kappa shape index (κ2) is 11.9. The lowest BCUT2D eigenvalue weighted by Crippen LogP contribution is -2.48. The Morgan fingerprint density at radius 1 is 1.03 bits per heavy atom. The molecule has 2 fully saturated rings. The summed E-state index contributed by atoms with van der Waals surface area (Å²) in [5.41, 5.74) is 1.61. The van der Waals surface area contributed by atoms with E-state index in [1.807, 2.05) is 23.1 Å². The Balaban J connectivity index is 1.44. The average Bonchev–Trinajstić information content (AvgIpc) is 3.34. The normalized spacial score (nSPS) is 19.8. The van der Waals surface area contributed by atoms with Gasteiger partial charge in [-0.05, 0) is 43.0 Å². The van der Waals surface area contributed by atoms with Crippen LogP contribution in [0, 0.1) is 5.92 Å². The van der Waals surface area contributed by atoms with Crippen LogP contribution in [0.1, 0.15) is 47.5 Å². The van der Waals surface area contributed by atoms with Gasteiger partial charge in [0.15, 0.2) is 11.5 Å². The number of rotatable bonds is 9. The number of carbonyl (C=O) groups is 3. The monoisotopic (exact) mass is 493 g/mol. The van der Waals surface area contributed by atoms with E-state index in [-0.39, 0.29) is 29.6 Å². The van der Waals surface area contributed by atoms with Crippen molar-refractivity contribution in [2.45, 2.75) is 31.6 Å². The summed E-state index contributed by atoms with van der Waals surface area (Å²) < 4.78 is 10.7. The Kier molecular flexibility index (Phi) is 8.46. The maximum Gasteiger partial charge on any atom is 0.254 e. The average molecular weight is 494 g/mol. The SMILES string of the molecule is COc1ccc(C(=O)N2CC(C(=O)NCCCN3CCCC3=O)CC(c3ccccc3)C2)cc1OC. The third-order valence-corrected chi connectivity index (χ3v) is 7.09. The molecule has 2 unspecified atom stereocenters. The van der Waals surface area contributed by atoms with E-state index in [4.69, 9.17) is 9.47 Å². The molecule has 0 saturated carbocycles. The van der Waals surface area contributed by atoms with E-state index in [2.05, 4.69) is 17.4 Å². The molecule has 192 valence electrons. The summed E-state index contributed by atoms with van der Waals surface area (Å²) in [6.45, 7) is 2.88. The molecule has 8 nitrogen and oxygen atoms in total. The van der Waals surface area contributed by atoms with Crippen molar-refractivity contribution in [3.05, 3.63) is 59.7 Å². The fourth-order valence-electron chi connectivity index (χ4n) is 5.14. The molecule has 2 saturated heterocycles. The van der Waals surface area contributed by atoms with Crippen LogP contribution in [0.3, 0.4) is 0 Å². The zero-order chi connectivity index (χ0) is 25.5. The molecule has 0 aromatic heterocycles. The Morgan fingerprint density at radius 2 is 1.81 bits per heavy atom. The highest BCUT2D eigenvalue weighted by Gasteiger charge is 2.35. The Morgan fingerprint density at radius 3 is 2.50 bits per heavy atom. The zero-order valence-electron chi connectivity index (χ0n) is 21.1. The highest BCUT2D eigenvalue weighted by atomic mass is 16.5. The number of methoxy groups -OCH3 is 2. The van der Waals surface area contributed by atoms with Crippen LogP contribution in [0.4, 0.5) is 0 Å². The number of nitrogens with zero attached hydrogens (tertiary/aromatic N) is 2. The summed E-state index contributed by atoms with van der Waals surface area (Å²) in [6, 6.07) is 15.2. The second-order valence-electron chi connectivity index (χ2n) is 9.45. The number of piperidine rings is 1. The van der Waals surface area contributed by atoms with Crippen molar-refractivity contribution in [3.8, 4) is 11.5 Å². The fourth-order valence-corrected chi connectivity index (χ4v) is 5.14. The lowest BCUT2D eigenvalue weighted by molar-refractivity contribution is -0.127. The number of benzene rings is 2. The maximum absolute atomic E-state index is 13.5. The molecule has 2 aromatic carbocycles. The molecule has 4 rings (SSSR count). The molecular formula is C28H35N3O5. The Hall–Kier alpha value is -3.55. The van der Waals surface area contributed by atoms with Crippen molar-refractivity contribution in [1.29, 1.82) is 0 Å². The zero-order valence-corrected chi connectivity index (χ0v) is 21.1. The summed E-state index contributed by atoms with van der Waals surface area (Å²) in [4.78, 5) is 42.1. The molecule has 1 N–H and O–H groups in total. The number of carbonyl (C=O) groups excluding carboxylic acids is 3. The quantitative estimate of drug-likeness (QED) is 0.543. The minimum atomic E-state index is -0.318. The molecule has 0 spiro atoms. The first-order chi connectivity index (χ1) is 17.5. The number of hydrogen-bond donors (Lipinski definition) is 1. The number of amides is 3. The van der Waals surface area contributed by atoms with E-state index in [0.29, 0.717) is 56.1 Å². The molecule has 2 aliphatic rings. The largest absolute Gasteiger partial charge is 0.493 e. The van der Waals surface area contributed by atoms with Crippen LogP contribution in [-0.4, -0.2) is 74.5 Å². The first-order valence-corrected chi connectivity index (χ1v) is 12.6. The van der Waals surface area contributed by atoms with E-state index < -0.39 is 0 Å². The topological polar surface area (TPSA) is 88.2 Å². The first-order valence-electron chi connectivity index (χ1n) is 12.6. The third kappa shape index (κ3) is 5.98. The standard InChI is InChI=1S/C28H35N3O5/c1-35-24-12-11-21(17-25(24)36-2)28(34)31-18-22(20-8-4-3-5-9-20)16-23(19-31)27(33)29-13-7-15-30-14-6-10-26(30)32/h3-5,8-9,11-12,17,22-23H,6-7,10,13-16,18-19H2,1-2H3,(H,29,33). The third-order valence-electron chi connectivity index (χ3n) is 7.09. The molecule has 2 aliphatic heterocycles. The van der Waals surface area contributed by atoms with Gasteiger partial charge >= 0.3 is 0 Å². The van der Waals surface area contributed by atoms with Gasteiger partial charge < -0.3 is 24.6 Å². The molecule has 2 aromatic rings. The van der Waals surface area contributed by atoms with Gasteiger partial charge in [0, 0.05) is 50.6 Å². The van der Waals surface area contributed by atoms with Gasteiger partial charge in [0.2, 0.25) is 11.8 Å². The summed E-state index contributed by atoms with van der Waals surface area (Å²) in [5, 5.41) is 3.04. The van der Waals surface area contributed by atoms with Crippen LogP contribution in [0.5, 0.6) is 11.5 Å². The van der Waals surface area contributed by atoms with Gasteiger partial charge in [0.25, 0.3) is 5.91 Å². The second-order valence-corrected chi connectivity index (χ2v) is 9.45. The van der Waals surface area contributed by atoms with Crippen LogP contribution in [0.25, 0.3) is 0 Å². The minimum absolute atomic E-state index is 0.0477. The fraction of sp³-hybridized carbons (Fsp3) is 0.464. The summed E-state index contributed by atoms with van der Waals surface area (Å²) in [6.07, 6.45) is 2.94. The summed E-state index contributed by atoms with van der Waals surface area (Å²) in [5.74, 6) is 0.802. The van der Waals surface area contributed by atoms with Crippen LogP contribution < -0.4 is 14.8 Å². The molecule has 8 heteroatoms. The lowest BCUT2D eigenvalue weighted by Gasteiger charge is -2.37. The van der Waals surface area contributed by atoms with Gasteiger partial charge in [-0.25, -0.2) is 0 Å². The van der Waals surface area contributed by atoms with Gasteiger partial charge in [-0.2, -0.15) is 0 Å². The van der Waals surface area contributed by atoms with Crippen molar-refractivity contribution >= 4 is 17.7 Å². The highest BCUT2D eigenvalue weighted by molar-refractivity contribution is 5.95. The highest BCUT2D eigenvalue weighted by Crippen LogP contribution is 2.33. The molecular weight excluding hydrogens is 458 g/mol. The van der Waals surface area contributed by atoms with Gasteiger partial charge in [-0.3, -0.25) is 14.4 Å². The minimum Gasteiger partial charge on any atom is -0.493 e. The predicted octanol–water partition coefficient (Wildman–Crippen LogP) is 3.08. The molecule has 36 heavy (non-hydrogen) atoms. The Labute approximate surface area is 212 Å². The molecule has 0 bridgehead atoms. The Bertz CT molecular complexity index is 1070. The van der Waals surface area contributed by atoms with Crippen molar-refractivity contribution in [2.24, 2.45) is 5.92 Å². The van der Waals surface area contributed by atoms with E-state index in [0.717, 1.165) is 24.9 Å². The number of nitrogens with one attached hydrogen (secondary N) is 1. The van der Waals surface area contributed by atoms with E-state index in [1.165, 1.54) is 0 Å². The number of likely N-dealkylation sites (tertiary alicyclic amines) is 2. The summed E-state index contributed by atoms with van der Waals surface area (Å²) >= 11 is 0. The molecule has 0 radical (unpaired) electrons. The van der Waals surface area contributed by atoms with Crippen molar-refractivity contribution < 1.29 is 23.9 Å². The van der Waals surface area contributed by atoms with Crippen LogP contribution in [0.2, 0.25) is 0 Å². The number of hydrogen-bond acceptors (Lipinski definition) is 5. The van der Waals surface area contributed by atoms with Crippen LogP contribution in [-0.2, 0) is 9.59 Å². The smallest absolute Gasteiger partial charge is 0.254 e. The van der Waals surface area contributed by atoms with Gasteiger partial charge in [0.1, 0.15) is 0 Å². The summed E-state index contributed by atoms with van der Waals surface area (Å²) in [7, 11) is 3.10. The van der Waals surface area contributed by atoms with Gasteiger partial charge in [0.05, 0.1) is 20.1 Å². The number of ether oxygens (including phenoxy) is 2. The molecule has 2 atom stereocenters. The molecule has 2 heterocycles. The van der Waals surface area contributed by atoms with E-state index >= 15 is 0 Å². The van der Waals surface area contributed by atoms with Gasteiger partial charge in [-0.1, -0.05) is 30.3 Å². The van der Waals surface area contributed by atoms with E-state index in [1.54, 1.807) is 37.3 Å². The predicted molar refractivity (Wildman–Crippen MR) is 136 cm³/mol. The van der Waals surface area contributed by atoms with Crippen molar-refractivity contribution in [3.63, 3.8) is 0 Å². The van der Waals surface area contributed by atoms with Crippen LogP contribution >= 0.6 is 0 Å². The van der Waals surface area contributed by atoms with Crippen molar-refractivity contribution in [1.82, 2.24) is 15.1 Å². The van der Waals surface area contributed by atoms with Crippen molar-refractivity contribution in [2.75, 3.05) is 46.9 Å². The molecule has 0 aliphatic carbocycles. The molecule has 3 amide bonds. The van der Waals surface area contributed by atoms with Gasteiger partial charge in [-0.15, -0.1) is 0 Å². The first kappa shape index (κ1) is 25.5. The van der Waals surface area contributed by atoms with Crippen LogP contribution in [0.15, 0.2) is 48.5 Å².